The zero-order chi connectivity index (χ0) is 76.9. The first-order valence-electron chi connectivity index (χ1n) is 35.7. The van der Waals surface area contributed by atoms with Gasteiger partial charge in [-0.1, -0.05) is 228 Å². The molecule has 560 valence electrons. The second-order valence-corrected chi connectivity index (χ2v) is 32.3. The molecule has 0 bridgehead atoms. The molecular weight excluding hydrogens is 1500 g/mol. The Morgan fingerprint density at radius 3 is 1.08 bits per heavy atom. The largest absolute Gasteiger partial charge is 0.330 e. The maximum Gasteiger partial charge on any atom is 0.147 e. The SMILES string of the molecule is CC(C)C(=O)C(C)(CCN)c1ccc(Cl)cc1.CC(C)C(=O)C(C)(CCN)c1ccc(Cl)cc1.CC(C)C(=O)C(CCN)c1ccc(Br)cc1.CC(C)C(=O)C(CCN)c1ccc(Br)cc1.CC(C)C(=O)C1(c2ccc(Cl)c(F)c2)CCNCC1.CC(C)C(=O)C1(c2ccc(Cl)cc2)CCNC1. The molecule has 6 aromatic rings. The van der Waals surface area contributed by atoms with Crippen LogP contribution in [0.25, 0.3) is 0 Å². The minimum atomic E-state index is -0.565. The maximum atomic E-state index is 13.7. The van der Waals surface area contributed by atoms with Crippen molar-refractivity contribution in [1.29, 1.82) is 0 Å². The number of hydrogen-bond donors (Lipinski definition) is 6. The van der Waals surface area contributed by atoms with Crippen LogP contribution in [0.4, 0.5) is 4.39 Å². The van der Waals surface area contributed by atoms with Gasteiger partial charge in [0.15, 0.2) is 0 Å². The molecule has 5 unspecified atom stereocenters. The molecule has 6 aromatic carbocycles. The topological polar surface area (TPSA) is 231 Å². The maximum absolute atomic E-state index is 13.7. The van der Waals surface area contributed by atoms with Gasteiger partial charge in [-0.15, -0.1) is 0 Å². The Labute approximate surface area is 645 Å². The number of halogens is 7. The summed E-state index contributed by atoms with van der Waals surface area (Å²) in [7, 11) is 0. The van der Waals surface area contributed by atoms with Crippen molar-refractivity contribution in [3.63, 3.8) is 0 Å². The highest BCUT2D eigenvalue weighted by molar-refractivity contribution is 9.10. The number of nitrogens with two attached hydrogens (primary N) is 4. The van der Waals surface area contributed by atoms with E-state index < -0.39 is 22.1 Å². The van der Waals surface area contributed by atoms with Crippen molar-refractivity contribution >= 4 is 113 Å². The lowest BCUT2D eigenvalue weighted by Crippen LogP contribution is -2.47. The lowest BCUT2D eigenvalue weighted by molar-refractivity contribution is -0.129. The van der Waals surface area contributed by atoms with E-state index >= 15 is 0 Å². The number of Topliss-reactive ketones (excluding diaryl/α,β-unsaturated/α-hetero) is 6. The van der Waals surface area contributed by atoms with Crippen LogP contribution in [0.1, 0.15) is 187 Å². The van der Waals surface area contributed by atoms with Gasteiger partial charge in [-0.25, -0.2) is 4.39 Å². The highest BCUT2D eigenvalue weighted by atomic mass is 79.9. The third-order valence-electron chi connectivity index (χ3n) is 19.1. The Kier molecular flexibility index (Phi) is 39.7. The number of nitrogens with one attached hydrogen (secondary N) is 2. The van der Waals surface area contributed by atoms with E-state index in [0.717, 1.165) is 87.8 Å². The van der Waals surface area contributed by atoms with E-state index in [2.05, 4.69) is 42.5 Å². The summed E-state index contributed by atoms with van der Waals surface area (Å²) < 4.78 is 15.8. The van der Waals surface area contributed by atoms with Gasteiger partial charge >= 0.3 is 0 Å². The Morgan fingerprint density at radius 2 is 0.775 bits per heavy atom. The first kappa shape index (κ1) is 91.4. The van der Waals surface area contributed by atoms with E-state index in [1.807, 2.05) is 218 Å². The zero-order valence-corrected chi connectivity index (χ0v) is 68.6. The molecule has 0 amide bonds. The number of carbonyl (C=O) groups is 6. The number of benzene rings is 6. The summed E-state index contributed by atoms with van der Waals surface area (Å²) in [6, 6.07) is 43.2. The monoisotopic (exact) mass is 1610 g/mol. The predicted octanol–water partition coefficient (Wildman–Crippen LogP) is 18.7. The van der Waals surface area contributed by atoms with Crippen LogP contribution in [0.2, 0.25) is 20.1 Å². The highest BCUT2D eigenvalue weighted by Crippen LogP contribution is 2.40. The summed E-state index contributed by atoms with van der Waals surface area (Å²) in [5.74, 6) is 1.06. The first-order chi connectivity index (χ1) is 48.0. The van der Waals surface area contributed by atoms with E-state index in [1.54, 1.807) is 12.1 Å². The Balaban J connectivity index is 0.000000318. The molecule has 0 aromatic heterocycles. The van der Waals surface area contributed by atoms with Crippen molar-refractivity contribution in [2.75, 3.05) is 52.4 Å². The molecule has 12 nitrogen and oxygen atoms in total. The van der Waals surface area contributed by atoms with Crippen molar-refractivity contribution in [1.82, 2.24) is 10.6 Å². The second-order valence-electron chi connectivity index (χ2n) is 28.8. The molecular formula is C83H113Br2Cl4FN6O6. The third-order valence-corrected chi connectivity index (χ3v) is 21.3. The lowest BCUT2D eigenvalue weighted by Gasteiger charge is -2.38. The Bertz CT molecular complexity index is 3420. The summed E-state index contributed by atoms with van der Waals surface area (Å²) in [6.07, 6.45) is 5.07. The average Bonchev–Trinajstić information content (AvgIpc) is 1.43. The van der Waals surface area contributed by atoms with Gasteiger partial charge in [-0.3, -0.25) is 28.8 Å². The second kappa shape index (κ2) is 44.3. The van der Waals surface area contributed by atoms with E-state index in [4.69, 9.17) is 69.3 Å². The molecule has 10 N–H and O–H groups in total. The molecule has 102 heavy (non-hydrogen) atoms. The summed E-state index contributed by atoms with van der Waals surface area (Å²) in [5.41, 5.74) is 26.5. The standard InChI is InChI=1S/C15H19ClFNO.C14H18ClNO.2C14H20ClNO.2C13H18BrNO/c1-10(2)14(19)15(5-7-18-8-6-15)11-3-4-12(16)13(17)9-11;1-10(2)13(17)14(7-8-16-9-14)11-3-5-12(15)6-4-11;2*1-10(2)13(17)14(3,8-9-16)11-4-6-12(15)7-5-11;2*1-9(2)13(16)12(7-8-15)10-3-5-11(14)6-4-10/h3-4,9-10,18H,5-8H2,1-2H3;3-6,10,16H,7-9H2,1-2H3;2*4-7,10H,8-9,16H2,1-3H3;2*3-6,9,12H,7-8,15H2,1-2H3. The molecule has 0 spiro atoms. The predicted molar refractivity (Wildman–Crippen MR) is 431 cm³/mol. The number of hydrogen-bond acceptors (Lipinski definition) is 12. The molecule has 2 heterocycles. The van der Waals surface area contributed by atoms with Crippen molar-refractivity contribution < 1.29 is 33.2 Å². The minimum Gasteiger partial charge on any atom is -0.330 e. The fourth-order valence-electron chi connectivity index (χ4n) is 13.3. The molecule has 5 atom stereocenters. The van der Waals surface area contributed by atoms with Gasteiger partial charge < -0.3 is 33.6 Å². The van der Waals surface area contributed by atoms with Crippen LogP contribution in [-0.4, -0.2) is 87.1 Å². The summed E-state index contributed by atoms with van der Waals surface area (Å²) in [4.78, 5) is 73.9. The van der Waals surface area contributed by atoms with Crippen LogP contribution in [0.15, 0.2) is 148 Å². The molecule has 0 radical (unpaired) electrons. The van der Waals surface area contributed by atoms with Gasteiger partial charge in [0.1, 0.15) is 40.5 Å². The Hall–Kier alpha value is -4.85. The van der Waals surface area contributed by atoms with Crippen molar-refractivity contribution in [3.8, 4) is 0 Å². The fraction of sp³-hybridized carbons (Fsp3) is 0.494. The molecule has 2 saturated heterocycles. The number of ketones is 6. The number of carbonyl (C=O) groups excluding carboxylic acids is 6. The van der Waals surface area contributed by atoms with Gasteiger partial charge in [-0.2, -0.15) is 0 Å². The number of rotatable bonds is 26. The van der Waals surface area contributed by atoms with E-state index in [0.29, 0.717) is 72.7 Å². The van der Waals surface area contributed by atoms with Gasteiger partial charge in [-0.05, 0) is 211 Å². The third kappa shape index (κ3) is 26.3. The quantitative estimate of drug-likeness (QED) is 0.0298. The van der Waals surface area contributed by atoms with Crippen LogP contribution in [0.3, 0.4) is 0 Å². The summed E-state index contributed by atoms with van der Waals surface area (Å²) in [5, 5.41) is 8.74. The minimum absolute atomic E-state index is 0.00206. The molecule has 8 rings (SSSR count). The van der Waals surface area contributed by atoms with Crippen LogP contribution in [0, 0.1) is 41.3 Å². The van der Waals surface area contributed by atoms with Gasteiger partial charge in [0.2, 0.25) is 0 Å². The van der Waals surface area contributed by atoms with Crippen LogP contribution in [-0.2, 0) is 50.4 Å². The van der Waals surface area contributed by atoms with E-state index in [9.17, 15) is 33.2 Å². The molecule has 2 aliphatic rings. The molecule has 0 aliphatic carbocycles. The fourth-order valence-corrected chi connectivity index (χ4v) is 14.3. The van der Waals surface area contributed by atoms with Crippen LogP contribution < -0.4 is 33.6 Å². The first-order valence-corrected chi connectivity index (χ1v) is 38.8. The highest BCUT2D eigenvalue weighted by Gasteiger charge is 2.44. The van der Waals surface area contributed by atoms with Crippen molar-refractivity contribution in [3.05, 3.63) is 208 Å². The van der Waals surface area contributed by atoms with E-state index in [-0.39, 0.29) is 86.7 Å². The molecule has 2 fully saturated rings. The van der Waals surface area contributed by atoms with Crippen molar-refractivity contribution in [2.45, 2.75) is 175 Å². The zero-order valence-electron chi connectivity index (χ0n) is 62.4. The normalized spacial score (nSPS) is 16.4. The van der Waals surface area contributed by atoms with Crippen LogP contribution in [0.5, 0.6) is 0 Å². The lowest BCUT2D eigenvalue weighted by atomic mass is 9.67. The summed E-state index contributed by atoms with van der Waals surface area (Å²) >= 11 is 30.2. The Morgan fingerprint density at radius 1 is 0.441 bits per heavy atom. The molecule has 2 aliphatic heterocycles. The smallest absolute Gasteiger partial charge is 0.147 e. The van der Waals surface area contributed by atoms with E-state index in [1.165, 1.54) is 6.07 Å². The van der Waals surface area contributed by atoms with Gasteiger partial charge in [0.25, 0.3) is 0 Å². The summed E-state index contributed by atoms with van der Waals surface area (Å²) in [6.45, 7) is 32.4. The number of piperidine rings is 1. The molecule has 0 saturated carbocycles. The van der Waals surface area contributed by atoms with Crippen LogP contribution >= 0.6 is 78.3 Å². The average molecular weight is 1610 g/mol. The van der Waals surface area contributed by atoms with Gasteiger partial charge in [0, 0.05) is 77.9 Å². The molecule has 19 heteroatoms. The van der Waals surface area contributed by atoms with Gasteiger partial charge in [0.05, 0.1) is 26.7 Å². The van der Waals surface area contributed by atoms with Crippen molar-refractivity contribution in [2.24, 2.45) is 58.4 Å².